The molecule has 1 aliphatic rings. The lowest BCUT2D eigenvalue weighted by molar-refractivity contribution is -0.142. The molecule has 1 rings (SSSR count). The lowest BCUT2D eigenvalue weighted by atomic mass is 10.1. The maximum absolute atomic E-state index is 10.8. The Bertz CT molecular complexity index is 330. The SMILES string of the molecule is C=C(OC(C)=O)[C@@H]1C(COC(C)=O)C1(C)C. The Morgan fingerprint density at radius 3 is 2.25 bits per heavy atom. The number of rotatable bonds is 4. The number of esters is 2. The molecule has 0 aromatic heterocycles. The minimum Gasteiger partial charge on any atom is -0.466 e. The molecule has 1 saturated carbocycles. The van der Waals surface area contributed by atoms with Crippen LogP contribution in [0.4, 0.5) is 0 Å². The van der Waals surface area contributed by atoms with E-state index in [2.05, 4.69) is 6.58 Å². The minimum absolute atomic E-state index is 0.0258. The predicted molar refractivity (Wildman–Crippen MR) is 58.3 cm³/mol. The number of carbonyl (C=O) groups is 2. The Morgan fingerprint density at radius 2 is 1.81 bits per heavy atom. The Kier molecular flexibility index (Phi) is 3.41. The predicted octanol–water partition coefficient (Wildman–Crippen LogP) is 1.90. The third-order valence-electron chi connectivity index (χ3n) is 3.14. The second-order valence-corrected chi connectivity index (χ2v) is 4.77. The second-order valence-electron chi connectivity index (χ2n) is 4.77. The zero-order valence-corrected chi connectivity index (χ0v) is 10.2. The van der Waals surface area contributed by atoms with E-state index < -0.39 is 0 Å². The molecule has 0 bridgehead atoms. The van der Waals surface area contributed by atoms with Gasteiger partial charge in [0.05, 0.1) is 6.61 Å². The molecule has 0 spiro atoms. The van der Waals surface area contributed by atoms with Gasteiger partial charge in [-0.1, -0.05) is 20.4 Å². The maximum Gasteiger partial charge on any atom is 0.307 e. The fourth-order valence-electron chi connectivity index (χ4n) is 2.15. The quantitative estimate of drug-likeness (QED) is 0.542. The van der Waals surface area contributed by atoms with Gasteiger partial charge in [0.15, 0.2) is 0 Å². The molecule has 1 unspecified atom stereocenters. The first kappa shape index (κ1) is 12.7. The first-order valence-corrected chi connectivity index (χ1v) is 5.27. The summed E-state index contributed by atoms with van der Waals surface area (Å²) < 4.78 is 9.94. The summed E-state index contributed by atoms with van der Waals surface area (Å²) in [6.45, 7) is 10.9. The van der Waals surface area contributed by atoms with Gasteiger partial charge >= 0.3 is 11.9 Å². The van der Waals surface area contributed by atoms with Crippen molar-refractivity contribution in [3.05, 3.63) is 12.3 Å². The van der Waals surface area contributed by atoms with Crippen LogP contribution in [0, 0.1) is 17.3 Å². The van der Waals surface area contributed by atoms with Gasteiger partial charge in [0, 0.05) is 25.7 Å². The first-order valence-electron chi connectivity index (χ1n) is 5.27. The van der Waals surface area contributed by atoms with Crippen LogP contribution in [0.2, 0.25) is 0 Å². The van der Waals surface area contributed by atoms with Gasteiger partial charge in [-0.3, -0.25) is 9.59 Å². The maximum atomic E-state index is 10.8. The molecule has 0 aromatic rings. The molecule has 4 heteroatoms. The number of hydrogen-bond acceptors (Lipinski definition) is 4. The zero-order chi connectivity index (χ0) is 12.5. The number of hydrogen-bond donors (Lipinski definition) is 0. The Morgan fingerprint density at radius 1 is 1.25 bits per heavy atom. The van der Waals surface area contributed by atoms with Gasteiger partial charge in [-0.25, -0.2) is 0 Å². The van der Waals surface area contributed by atoms with Crippen molar-refractivity contribution in [3.8, 4) is 0 Å². The minimum atomic E-state index is -0.362. The summed E-state index contributed by atoms with van der Waals surface area (Å²) >= 11 is 0. The fourth-order valence-corrected chi connectivity index (χ4v) is 2.15. The van der Waals surface area contributed by atoms with Gasteiger partial charge in [0.25, 0.3) is 0 Å². The van der Waals surface area contributed by atoms with Gasteiger partial charge in [-0.15, -0.1) is 0 Å². The van der Waals surface area contributed by atoms with Crippen LogP contribution in [-0.2, 0) is 19.1 Å². The molecule has 4 nitrogen and oxygen atoms in total. The lowest BCUT2D eigenvalue weighted by Gasteiger charge is -2.05. The molecule has 1 fully saturated rings. The smallest absolute Gasteiger partial charge is 0.307 e. The monoisotopic (exact) mass is 226 g/mol. The molecule has 16 heavy (non-hydrogen) atoms. The van der Waals surface area contributed by atoms with Crippen molar-refractivity contribution in [1.29, 1.82) is 0 Å². The van der Waals surface area contributed by atoms with E-state index in [1.807, 2.05) is 13.8 Å². The molecular formula is C12H18O4. The van der Waals surface area contributed by atoms with E-state index in [1.165, 1.54) is 13.8 Å². The van der Waals surface area contributed by atoms with E-state index in [1.54, 1.807) is 0 Å². The van der Waals surface area contributed by atoms with Crippen LogP contribution in [0.3, 0.4) is 0 Å². The molecule has 0 radical (unpaired) electrons. The normalized spacial score (nSPS) is 25.8. The second kappa shape index (κ2) is 4.28. The molecule has 0 amide bonds. The highest BCUT2D eigenvalue weighted by atomic mass is 16.5. The summed E-state index contributed by atoms with van der Waals surface area (Å²) in [5.41, 5.74) is -0.0258. The number of allylic oxidation sites excluding steroid dienone is 1. The van der Waals surface area contributed by atoms with E-state index in [0.29, 0.717) is 12.4 Å². The Balaban J connectivity index is 2.53. The topological polar surface area (TPSA) is 52.6 Å². The van der Waals surface area contributed by atoms with Gasteiger partial charge in [0.2, 0.25) is 0 Å². The summed E-state index contributed by atoms with van der Waals surface area (Å²) in [7, 11) is 0. The summed E-state index contributed by atoms with van der Waals surface area (Å²) in [5.74, 6) is 0.0761. The summed E-state index contributed by atoms with van der Waals surface area (Å²) in [4.78, 5) is 21.5. The van der Waals surface area contributed by atoms with Crippen molar-refractivity contribution >= 4 is 11.9 Å². The highest BCUT2D eigenvalue weighted by Gasteiger charge is 2.60. The number of ether oxygens (including phenoxy) is 2. The lowest BCUT2D eigenvalue weighted by Crippen LogP contribution is -2.06. The van der Waals surface area contributed by atoms with Crippen LogP contribution in [-0.4, -0.2) is 18.5 Å². The van der Waals surface area contributed by atoms with E-state index in [0.717, 1.165) is 0 Å². The van der Waals surface area contributed by atoms with Gasteiger partial charge in [-0.05, 0) is 5.41 Å². The molecule has 0 N–H and O–H groups in total. The molecule has 90 valence electrons. The molecule has 0 aliphatic heterocycles. The van der Waals surface area contributed by atoms with E-state index >= 15 is 0 Å². The van der Waals surface area contributed by atoms with Crippen molar-refractivity contribution in [2.24, 2.45) is 17.3 Å². The molecule has 1 aliphatic carbocycles. The molecular weight excluding hydrogens is 208 g/mol. The zero-order valence-electron chi connectivity index (χ0n) is 10.2. The summed E-state index contributed by atoms with van der Waals surface area (Å²) in [6.07, 6.45) is 0. The third-order valence-corrected chi connectivity index (χ3v) is 3.14. The highest BCUT2D eigenvalue weighted by molar-refractivity contribution is 5.67. The van der Waals surface area contributed by atoms with Crippen molar-refractivity contribution in [1.82, 2.24) is 0 Å². The number of carbonyl (C=O) groups excluding carboxylic acids is 2. The van der Waals surface area contributed by atoms with Crippen LogP contribution in [0.15, 0.2) is 12.3 Å². The Hall–Kier alpha value is -1.32. The van der Waals surface area contributed by atoms with Crippen LogP contribution < -0.4 is 0 Å². The van der Waals surface area contributed by atoms with Crippen LogP contribution >= 0.6 is 0 Å². The van der Waals surface area contributed by atoms with Crippen molar-refractivity contribution in [2.45, 2.75) is 27.7 Å². The highest BCUT2D eigenvalue weighted by Crippen LogP contribution is 2.61. The van der Waals surface area contributed by atoms with Gasteiger partial charge in [-0.2, -0.15) is 0 Å². The molecule has 2 atom stereocenters. The average Bonchev–Trinajstić information content (AvgIpc) is 2.63. The van der Waals surface area contributed by atoms with Crippen molar-refractivity contribution < 1.29 is 19.1 Å². The largest absolute Gasteiger partial charge is 0.466 e. The molecule has 0 saturated heterocycles. The molecule has 0 aromatic carbocycles. The first-order chi connectivity index (χ1) is 7.26. The standard InChI is InChI=1S/C12H18O4/c1-7(16-9(3)14)11-10(12(11,4)5)6-15-8(2)13/h10-11H,1,6H2,2-5H3/t10?,11-/m1/s1. The Labute approximate surface area is 95.6 Å². The van der Waals surface area contributed by atoms with E-state index in [9.17, 15) is 9.59 Å². The van der Waals surface area contributed by atoms with Crippen molar-refractivity contribution in [3.63, 3.8) is 0 Å². The van der Waals surface area contributed by atoms with Gasteiger partial charge in [0.1, 0.15) is 5.76 Å². The van der Waals surface area contributed by atoms with E-state index in [4.69, 9.17) is 9.47 Å². The third kappa shape index (κ3) is 2.62. The average molecular weight is 226 g/mol. The molecule has 0 heterocycles. The van der Waals surface area contributed by atoms with E-state index in [-0.39, 0.29) is 29.2 Å². The van der Waals surface area contributed by atoms with Gasteiger partial charge < -0.3 is 9.47 Å². The van der Waals surface area contributed by atoms with Crippen LogP contribution in [0.5, 0.6) is 0 Å². The summed E-state index contributed by atoms with van der Waals surface area (Å²) in [6, 6.07) is 0. The summed E-state index contributed by atoms with van der Waals surface area (Å²) in [5, 5.41) is 0. The van der Waals surface area contributed by atoms with Crippen molar-refractivity contribution in [2.75, 3.05) is 6.61 Å². The van der Waals surface area contributed by atoms with Crippen LogP contribution in [0.1, 0.15) is 27.7 Å². The van der Waals surface area contributed by atoms with Crippen LogP contribution in [0.25, 0.3) is 0 Å². The fraction of sp³-hybridized carbons (Fsp3) is 0.667.